The molecule has 0 bridgehead atoms. The van der Waals surface area contributed by atoms with Crippen LogP contribution in [0.3, 0.4) is 0 Å². The molecule has 1 aliphatic carbocycles. The molecule has 1 saturated heterocycles. The van der Waals surface area contributed by atoms with Crippen LogP contribution in [0.4, 0.5) is 5.82 Å². The lowest BCUT2D eigenvalue weighted by atomic mass is 10.2. The highest BCUT2D eigenvalue weighted by atomic mass is 16.2. The molecule has 4 heterocycles. The molecule has 0 radical (unpaired) electrons. The van der Waals surface area contributed by atoms with Crippen molar-refractivity contribution in [3.05, 3.63) is 18.2 Å². The van der Waals surface area contributed by atoms with Crippen molar-refractivity contribution < 1.29 is 4.79 Å². The van der Waals surface area contributed by atoms with E-state index in [0.29, 0.717) is 18.9 Å². The van der Waals surface area contributed by atoms with Crippen molar-refractivity contribution in [1.82, 2.24) is 34.2 Å². The number of anilines is 1. The molecule has 1 atom stereocenters. The summed E-state index contributed by atoms with van der Waals surface area (Å²) in [6.45, 7) is 9.34. The van der Waals surface area contributed by atoms with E-state index < -0.39 is 0 Å². The standard InChI is InChI=1S/C22H30N8O/c1-4-18(31)28-9-8-16(12-28)26-20-19-22(24-13-23-20)29(11-15-6-7-15)21(27-19)17-10-25-30(5-2)14(17)3/h10,13,15-16H,4-9,11-12H2,1-3H3,(H,23,24,26). The maximum absolute atomic E-state index is 12.0. The van der Waals surface area contributed by atoms with Crippen LogP contribution in [0.15, 0.2) is 12.5 Å². The number of nitrogens with zero attached hydrogens (tertiary/aromatic N) is 7. The highest BCUT2D eigenvalue weighted by molar-refractivity contribution is 5.87. The van der Waals surface area contributed by atoms with Gasteiger partial charge in [0.25, 0.3) is 0 Å². The van der Waals surface area contributed by atoms with Gasteiger partial charge in [-0.15, -0.1) is 0 Å². The normalized spacial score (nSPS) is 18.8. The maximum Gasteiger partial charge on any atom is 0.222 e. The van der Waals surface area contributed by atoms with Gasteiger partial charge in [0.2, 0.25) is 5.91 Å². The van der Waals surface area contributed by atoms with Crippen molar-refractivity contribution in [2.75, 3.05) is 18.4 Å². The van der Waals surface area contributed by atoms with Gasteiger partial charge in [0.15, 0.2) is 17.0 Å². The minimum atomic E-state index is 0.176. The van der Waals surface area contributed by atoms with E-state index in [1.807, 2.05) is 22.7 Å². The number of imidazole rings is 1. The fourth-order valence-corrected chi connectivity index (χ4v) is 4.49. The van der Waals surface area contributed by atoms with Gasteiger partial charge in [-0.3, -0.25) is 9.48 Å². The molecule has 164 valence electrons. The van der Waals surface area contributed by atoms with Crippen molar-refractivity contribution in [2.24, 2.45) is 5.92 Å². The van der Waals surface area contributed by atoms with E-state index in [0.717, 1.165) is 60.1 Å². The molecule has 31 heavy (non-hydrogen) atoms. The Labute approximate surface area is 181 Å². The third-order valence-corrected chi connectivity index (χ3v) is 6.50. The van der Waals surface area contributed by atoms with Crippen LogP contribution in [0.25, 0.3) is 22.6 Å². The Morgan fingerprint density at radius 3 is 2.77 bits per heavy atom. The number of aryl methyl sites for hydroxylation is 1. The van der Waals surface area contributed by atoms with Crippen molar-refractivity contribution in [3.8, 4) is 11.4 Å². The molecule has 1 saturated carbocycles. The first-order valence-corrected chi connectivity index (χ1v) is 11.4. The molecule has 1 amide bonds. The number of aromatic nitrogens is 6. The second-order valence-electron chi connectivity index (χ2n) is 8.67. The zero-order valence-electron chi connectivity index (χ0n) is 18.5. The fourth-order valence-electron chi connectivity index (χ4n) is 4.49. The summed E-state index contributed by atoms with van der Waals surface area (Å²) in [5, 5.41) is 8.07. The number of carbonyl (C=O) groups is 1. The van der Waals surface area contributed by atoms with Crippen LogP contribution in [-0.2, 0) is 17.9 Å². The summed E-state index contributed by atoms with van der Waals surface area (Å²) in [6, 6.07) is 0.176. The average Bonchev–Trinajstić information content (AvgIpc) is 3.17. The highest BCUT2D eigenvalue weighted by Gasteiger charge is 2.29. The van der Waals surface area contributed by atoms with Gasteiger partial charge in [-0.05, 0) is 39.0 Å². The third kappa shape index (κ3) is 3.66. The quantitative estimate of drug-likeness (QED) is 0.629. The van der Waals surface area contributed by atoms with Crippen molar-refractivity contribution in [3.63, 3.8) is 0 Å². The molecule has 9 nitrogen and oxygen atoms in total. The Morgan fingerprint density at radius 2 is 2.06 bits per heavy atom. The molecule has 9 heteroatoms. The largest absolute Gasteiger partial charge is 0.364 e. The number of amides is 1. The summed E-state index contributed by atoms with van der Waals surface area (Å²) in [6.07, 6.45) is 7.50. The molecule has 5 rings (SSSR count). The van der Waals surface area contributed by atoms with E-state index >= 15 is 0 Å². The van der Waals surface area contributed by atoms with Crippen LogP contribution in [0.2, 0.25) is 0 Å². The number of hydrogen-bond donors (Lipinski definition) is 1. The monoisotopic (exact) mass is 422 g/mol. The first-order valence-electron chi connectivity index (χ1n) is 11.4. The van der Waals surface area contributed by atoms with Gasteiger partial charge in [-0.1, -0.05) is 6.92 Å². The fraction of sp³-hybridized carbons (Fsp3) is 0.591. The van der Waals surface area contributed by atoms with Gasteiger partial charge in [0.05, 0.1) is 11.8 Å². The molecular formula is C22H30N8O. The van der Waals surface area contributed by atoms with E-state index in [1.54, 1.807) is 6.33 Å². The van der Waals surface area contributed by atoms with Gasteiger partial charge in [-0.25, -0.2) is 15.0 Å². The first-order chi connectivity index (χ1) is 15.1. The van der Waals surface area contributed by atoms with Gasteiger partial charge < -0.3 is 14.8 Å². The number of carbonyl (C=O) groups excluding carboxylic acids is 1. The summed E-state index contributed by atoms with van der Waals surface area (Å²) in [7, 11) is 0. The predicted molar refractivity (Wildman–Crippen MR) is 119 cm³/mol. The zero-order valence-corrected chi connectivity index (χ0v) is 18.5. The second-order valence-corrected chi connectivity index (χ2v) is 8.67. The topological polar surface area (TPSA) is 93.8 Å². The van der Waals surface area contributed by atoms with Crippen LogP contribution in [0.5, 0.6) is 0 Å². The minimum absolute atomic E-state index is 0.176. The number of hydrogen-bond acceptors (Lipinski definition) is 6. The Hall–Kier alpha value is -2.97. The summed E-state index contributed by atoms with van der Waals surface area (Å²) in [4.78, 5) is 28.1. The zero-order chi connectivity index (χ0) is 21.5. The van der Waals surface area contributed by atoms with E-state index in [9.17, 15) is 4.79 Å². The molecule has 2 aliphatic rings. The summed E-state index contributed by atoms with van der Waals surface area (Å²) >= 11 is 0. The molecule has 3 aromatic rings. The molecular weight excluding hydrogens is 392 g/mol. The second kappa shape index (κ2) is 7.94. The Morgan fingerprint density at radius 1 is 1.23 bits per heavy atom. The Bertz CT molecular complexity index is 1110. The highest BCUT2D eigenvalue weighted by Crippen LogP contribution is 2.36. The number of fused-ring (bicyclic) bond motifs is 1. The molecule has 1 unspecified atom stereocenters. The molecule has 3 aromatic heterocycles. The first kappa shape index (κ1) is 20.0. The summed E-state index contributed by atoms with van der Waals surface area (Å²) in [5.41, 5.74) is 3.82. The summed E-state index contributed by atoms with van der Waals surface area (Å²) < 4.78 is 4.24. The SMILES string of the molecule is CCC(=O)N1CCC(Nc2ncnc3c2nc(-c2cnn(CC)c2C)n3CC2CC2)C1. The van der Waals surface area contributed by atoms with Gasteiger partial charge in [-0.2, -0.15) is 5.10 Å². The van der Waals surface area contributed by atoms with E-state index in [4.69, 9.17) is 4.98 Å². The van der Waals surface area contributed by atoms with Gasteiger partial charge in [0.1, 0.15) is 12.2 Å². The van der Waals surface area contributed by atoms with Crippen LogP contribution in [0, 0.1) is 12.8 Å². The smallest absolute Gasteiger partial charge is 0.222 e. The van der Waals surface area contributed by atoms with Crippen LogP contribution in [0.1, 0.15) is 45.2 Å². The van der Waals surface area contributed by atoms with Gasteiger partial charge >= 0.3 is 0 Å². The number of rotatable bonds is 7. The molecule has 1 aliphatic heterocycles. The predicted octanol–water partition coefficient (Wildman–Crippen LogP) is 2.85. The molecule has 2 fully saturated rings. The van der Waals surface area contributed by atoms with Crippen molar-refractivity contribution >= 4 is 22.9 Å². The lowest BCUT2D eigenvalue weighted by Crippen LogP contribution is -2.31. The van der Waals surface area contributed by atoms with E-state index in [2.05, 4.69) is 38.8 Å². The van der Waals surface area contributed by atoms with E-state index in [1.165, 1.54) is 12.8 Å². The number of nitrogens with one attached hydrogen (secondary N) is 1. The summed E-state index contributed by atoms with van der Waals surface area (Å²) in [5.74, 6) is 2.55. The molecule has 0 aromatic carbocycles. The van der Waals surface area contributed by atoms with Crippen LogP contribution >= 0.6 is 0 Å². The molecule has 1 N–H and O–H groups in total. The lowest BCUT2D eigenvalue weighted by Gasteiger charge is -2.16. The van der Waals surface area contributed by atoms with E-state index in [-0.39, 0.29) is 11.9 Å². The maximum atomic E-state index is 12.0. The van der Waals surface area contributed by atoms with Gasteiger partial charge in [0, 0.05) is 44.3 Å². The van der Waals surface area contributed by atoms with Crippen LogP contribution < -0.4 is 5.32 Å². The van der Waals surface area contributed by atoms with Crippen molar-refractivity contribution in [2.45, 2.75) is 65.6 Å². The Kier molecular flexibility index (Phi) is 5.11. The lowest BCUT2D eigenvalue weighted by molar-refractivity contribution is -0.129. The molecule has 0 spiro atoms. The Balaban J connectivity index is 1.51. The minimum Gasteiger partial charge on any atom is -0.364 e. The third-order valence-electron chi connectivity index (χ3n) is 6.50. The van der Waals surface area contributed by atoms with Crippen molar-refractivity contribution in [1.29, 1.82) is 0 Å². The average molecular weight is 423 g/mol. The van der Waals surface area contributed by atoms with Crippen LogP contribution in [-0.4, -0.2) is 59.2 Å². The number of likely N-dealkylation sites (tertiary alicyclic amines) is 1.